The maximum absolute atomic E-state index is 12.7. The molecule has 0 saturated heterocycles. The van der Waals surface area contributed by atoms with Gasteiger partial charge in [-0.1, -0.05) is 26.5 Å². The third kappa shape index (κ3) is 5.98. The largest absolute Gasteiger partial charge is 2.00 e. The van der Waals surface area contributed by atoms with Gasteiger partial charge in [0.25, 0.3) is 0 Å². The fourth-order valence-corrected chi connectivity index (χ4v) is 6.53. The van der Waals surface area contributed by atoms with Crippen molar-refractivity contribution in [3.63, 3.8) is 0 Å². The third-order valence-electron chi connectivity index (χ3n) is 8.94. The zero-order chi connectivity index (χ0) is 32.0. The molecule has 5 rings (SSSR count). The molecule has 0 saturated carbocycles. The molecular formula is C34H36CuN4O6+2. The number of carbonyl (C=O) groups is 3. The molecule has 10 nitrogen and oxygen atoms in total. The molecule has 0 spiro atoms. The van der Waals surface area contributed by atoms with Gasteiger partial charge in [0.1, 0.15) is 0 Å². The molecule has 5 N–H and O–H groups in total. The van der Waals surface area contributed by atoms with E-state index in [1.165, 1.54) is 0 Å². The summed E-state index contributed by atoms with van der Waals surface area (Å²) < 4.78 is 0. The molecule has 1 radical (unpaired) electrons. The van der Waals surface area contributed by atoms with E-state index < -0.39 is 30.2 Å². The van der Waals surface area contributed by atoms with Crippen LogP contribution in [0.25, 0.3) is 39.3 Å². The Balaban J connectivity index is 0.00000461. The summed E-state index contributed by atoms with van der Waals surface area (Å²) >= 11 is 0. The minimum Gasteiger partial charge on any atom is -0.481 e. The van der Waals surface area contributed by atoms with Gasteiger partial charge in [0.2, 0.25) is 0 Å². The molecule has 3 aromatic heterocycles. The molecule has 0 aliphatic carbocycles. The quantitative estimate of drug-likeness (QED) is 0.170. The fraction of sp³-hybridized carbons (Fsp3) is 0.324. The van der Waals surface area contributed by atoms with Crippen molar-refractivity contribution in [1.29, 1.82) is 0 Å². The van der Waals surface area contributed by atoms with Crippen molar-refractivity contribution >= 4 is 57.2 Å². The summed E-state index contributed by atoms with van der Waals surface area (Å²) in [5.41, 5.74) is 9.23. The van der Waals surface area contributed by atoms with Gasteiger partial charge in [0.05, 0.1) is 29.1 Å². The average molecular weight is 660 g/mol. The number of fused-ring (bicyclic) bond motifs is 8. The predicted molar refractivity (Wildman–Crippen MR) is 169 cm³/mol. The van der Waals surface area contributed by atoms with Crippen LogP contribution in [-0.4, -0.2) is 53.2 Å². The molecule has 5 heterocycles. The van der Waals surface area contributed by atoms with Crippen molar-refractivity contribution in [2.24, 2.45) is 0 Å². The van der Waals surface area contributed by atoms with E-state index in [0.29, 0.717) is 29.1 Å². The van der Waals surface area contributed by atoms with Crippen molar-refractivity contribution < 1.29 is 46.8 Å². The van der Waals surface area contributed by atoms with Gasteiger partial charge in [-0.05, 0) is 74.1 Å². The molecule has 11 heteroatoms. The Morgan fingerprint density at radius 2 is 1.58 bits per heavy atom. The zero-order valence-corrected chi connectivity index (χ0v) is 26.7. The number of carboxylic acids is 3. The number of nitrogens with zero attached hydrogens (tertiary/aromatic N) is 2. The average Bonchev–Trinajstić information content (AvgIpc) is 3.63. The molecular weight excluding hydrogens is 624 g/mol. The van der Waals surface area contributed by atoms with Crippen molar-refractivity contribution in [1.82, 2.24) is 19.9 Å². The second-order valence-electron chi connectivity index (χ2n) is 11.5. The van der Waals surface area contributed by atoms with Crippen LogP contribution >= 0.6 is 0 Å². The van der Waals surface area contributed by atoms with Crippen LogP contribution in [0.4, 0.5) is 0 Å². The number of rotatable bonds is 8. The number of aryl methyl sites for hydroxylation is 3. The number of carboxylic acid groups (broad SMARTS) is 3. The molecule has 2 aliphatic rings. The Hall–Kier alpha value is -4.47. The molecule has 237 valence electrons. The Labute approximate surface area is 270 Å². The SMILES string of the molecule is C=Cc1c(C)c2cc3nc(c(CC(=O)O)c4nc(cc5[nH]c(cc1[nH]2)c(C)c5CC)C(C)=C4C(=O)O)[C@@H](CCC(=O)O)[C@@H]3C.[Cu+2]. The number of aliphatic carboxylic acids is 3. The molecule has 3 aromatic rings. The first-order valence-electron chi connectivity index (χ1n) is 14.6. The maximum atomic E-state index is 12.7. The van der Waals surface area contributed by atoms with Crippen LogP contribution in [0.15, 0.2) is 24.8 Å². The van der Waals surface area contributed by atoms with Gasteiger partial charge < -0.3 is 25.3 Å². The van der Waals surface area contributed by atoms with Gasteiger partial charge in [0.15, 0.2) is 0 Å². The van der Waals surface area contributed by atoms with E-state index in [0.717, 1.165) is 44.3 Å². The second kappa shape index (κ2) is 12.9. The summed E-state index contributed by atoms with van der Waals surface area (Å²) in [6, 6.07) is 5.75. The maximum Gasteiger partial charge on any atom is 2.00 e. The van der Waals surface area contributed by atoms with E-state index in [2.05, 4.69) is 16.5 Å². The van der Waals surface area contributed by atoms with Gasteiger partial charge >= 0.3 is 35.0 Å². The normalized spacial score (nSPS) is 15.9. The Morgan fingerprint density at radius 1 is 0.911 bits per heavy atom. The molecule has 8 bridgehead atoms. The molecule has 45 heavy (non-hydrogen) atoms. The number of hydrogen-bond acceptors (Lipinski definition) is 5. The van der Waals surface area contributed by atoms with E-state index in [-0.39, 0.29) is 52.7 Å². The van der Waals surface area contributed by atoms with Crippen LogP contribution in [0.3, 0.4) is 0 Å². The Morgan fingerprint density at radius 3 is 2.18 bits per heavy atom. The van der Waals surface area contributed by atoms with E-state index in [1.54, 1.807) is 13.0 Å². The van der Waals surface area contributed by atoms with E-state index in [9.17, 15) is 29.7 Å². The van der Waals surface area contributed by atoms with Gasteiger partial charge in [0, 0.05) is 57.1 Å². The summed E-state index contributed by atoms with van der Waals surface area (Å²) in [7, 11) is 0. The van der Waals surface area contributed by atoms with Crippen LogP contribution in [0.5, 0.6) is 0 Å². The number of H-pyrrole nitrogens is 2. The number of aromatic amines is 2. The number of aromatic nitrogens is 4. The minimum atomic E-state index is -1.23. The first-order chi connectivity index (χ1) is 20.9. The van der Waals surface area contributed by atoms with E-state index >= 15 is 0 Å². The number of hydrogen-bond donors (Lipinski definition) is 5. The summed E-state index contributed by atoms with van der Waals surface area (Å²) in [5, 5.41) is 29.9. The topological polar surface area (TPSA) is 169 Å². The van der Waals surface area contributed by atoms with Crippen molar-refractivity contribution in [2.45, 2.75) is 72.1 Å². The van der Waals surface area contributed by atoms with E-state index in [1.807, 2.05) is 45.9 Å². The van der Waals surface area contributed by atoms with Crippen molar-refractivity contribution in [2.75, 3.05) is 0 Å². The Kier molecular flexibility index (Phi) is 9.56. The van der Waals surface area contributed by atoms with Crippen molar-refractivity contribution in [3.05, 3.63) is 75.4 Å². The fourth-order valence-electron chi connectivity index (χ4n) is 6.53. The Bertz CT molecular complexity index is 1950. The molecule has 2 aliphatic heterocycles. The van der Waals surface area contributed by atoms with Crippen molar-refractivity contribution in [3.8, 4) is 0 Å². The van der Waals surface area contributed by atoms with Crippen LogP contribution in [-0.2, 0) is 44.3 Å². The van der Waals surface area contributed by atoms with Gasteiger partial charge in [-0.3, -0.25) is 14.6 Å². The number of nitrogens with one attached hydrogen (secondary N) is 2. The first-order valence-corrected chi connectivity index (χ1v) is 14.6. The van der Waals surface area contributed by atoms with Gasteiger partial charge in [-0.15, -0.1) is 0 Å². The summed E-state index contributed by atoms with van der Waals surface area (Å²) in [6.45, 7) is 13.7. The van der Waals surface area contributed by atoms with Crippen LogP contribution in [0.2, 0.25) is 0 Å². The van der Waals surface area contributed by atoms with Gasteiger partial charge in [-0.2, -0.15) is 0 Å². The summed E-state index contributed by atoms with van der Waals surface area (Å²) in [4.78, 5) is 53.2. The number of allylic oxidation sites excluding steroid dienone is 1. The standard InChI is InChI=1S/C34H36N4O6.Cu/c1-7-19-15(3)23-12-25-17(5)21(9-10-29(39)40)32(37-25)22(11-30(41)42)33-31(34(43)44)18(6)26(38-33)14-28-20(8-2)16(4)24(36-28)13-27(19)35-23;/h7,12-14,17,21,35-36H,1,8-11H2,2-6H3,(H,39,40)(H,41,42)(H,43,44);/q;+2/t17-,21-;/m0./s1. The minimum absolute atomic E-state index is 0. The molecule has 0 aromatic carbocycles. The molecule has 0 unspecified atom stereocenters. The first kappa shape index (κ1) is 33.4. The predicted octanol–water partition coefficient (Wildman–Crippen LogP) is 6.53. The summed E-state index contributed by atoms with van der Waals surface area (Å²) in [6.07, 6.45) is 2.03. The van der Waals surface area contributed by atoms with E-state index in [4.69, 9.17) is 9.97 Å². The molecule has 0 fully saturated rings. The zero-order valence-electron chi connectivity index (χ0n) is 25.8. The van der Waals surface area contributed by atoms with Crippen LogP contribution < -0.4 is 0 Å². The molecule has 0 amide bonds. The smallest absolute Gasteiger partial charge is 0.481 e. The monoisotopic (exact) mass is 659 g/mol. The van der Waals surface area contributed by atoms with Gasteiger partial charge in [-0.25, -0.2) is 9.78 Å². The van der Waals surface area contributed by atoms with Crippen LogP contribution in [0, 0.1) is 13.8 Å². The second-order valence-corrected chi connectivity index (χ2v) is 11.5. The summed E-state index contributed by atoms with van der Waals surface area (Å²) in [5.74, 6) is -4.13. The van der Waals surface area contributed by atoms with Crippen LogP contribution in [0.1, 0.15) is 96.0 Å². The molecule has 2 atom stereocenters. The third-order valence-corrected chi connectivity index (χ3v) is 8.94.